The smallest absolute Gasteiger partial charge is 0.269 e. The quantitative estimate of drug-likeness (QED) is 0.415. The topological polar surface area (TPSA) is 96.3 Å². The molecule has 144 valence electrons. The fourth-order valence-corrected chi connectivity index (χ4v) is 3.36. The van der Waals surface area contributed by atoms with Crippen LogP contribution in [-0.2, 0) is 4.79 Å². The van der Waals surface area contributed by atoms with Gasteiger partial charge in [0.2, 0.25) is 0 Å². The zero-order valence-electron chi connectivity index (χ0n) is 15.7. The third kappa shape index (κ3) is 4.01. The summed E-state index contributed by atoms with van der Waals surface area (Å²) in [6.45, 7) is 5.67. The lowest BCUT2D eigenvalue weighted by molar-refractivity contribution is -0.384. The van der Waals surface area contributed by atoms with Crippen LogP contribution in [0.2, 0.25) is 0 Å². The van der Waals surface area contributed by atoms with Crippen LogP contribution < -0.4 is 16.0 Å². The minimum atomic E-state index is -0.514. The van der Waals surface area contributed by atoms with E-state index < -0.39 is 11.0 Å². The molecule has 0 aromatic heterocycles. The molecule has 28 heavy (non-hydrogen) atoms. The van der Waals surface area contributed by atoms with Crippen LogP contribution in [0.15, 0.2) is 53.7 Å². The van der Waals surface area contributed by atoms with Crippen molar-refractivity contribution >= 4 is 34.6 Å². The number of allylic oxidation sites excluding steroid dienone is 1. The van der Waals surface area contributed by atoms with Gasteiger partial charge in [0.05, 0.1) is 16.5 Å². The van der Waals surface area contributed by atoms with E-state index in [1.165, 1.54) is 12.1 Å². The van der Waals surface area contributed by atoms with Crippen LogP contribution in [0.25, 0.3) is 0 Å². The number of rotatable bonds is 4. The van der Waals surface area contributed by atoms with Crippen molar-refractivity contribution < 1.29 is 9.72 Å². The van der Waals surface area contributed by atoms with E-state index in [9.17, 15) is 14.9 Å². The van der Waals surface area contributed by atoms with Crippen molar-refractivity contribution in [2.45, 2.75) is 26.8 Å². The van der Waals surface area contributed by atoms with Crippen LogP contribution >= 0.6 is 12.2 Å². The highest BCUT2D eigenvalue weighted by molar-refractivity contribution is 7.80. The van der Waals surface area contributed by atoms with Crippen LogP contribution in [0.1, 0.15) is 29.7 Å². The Labute approximate surface area is 168 Å². The molecule has 1 atom stereocenters. The van der Waals surface area contributed by atoms with Crippen molar-refractivity contribution in [3.8, 4) is 0 Å². The van der Waals surface area contributed by atoms with Gasteiger partial charge in [-0.15, -0.1) is 0 Å². The second-order valence-electron chi connectivity index (χ2n) is 6.69. The highest BCUT2D eigenvalue weighted by atomic mass is 32.1. The zero-order valence-corrected chi connectivity index (χ0v) is 16.5. The molecule has 8 heteroatoms. The maximum Gasteiger partial charge on any atom is 0.269 e. The molecular weight excluding hydrogens is 376 g/mol. The van der Waals surface area contributed by atoms with E-state index in [1.54, 1.807) is 19.1 Å². The van der Waals surface area contributed by atoms with Gasteiger partial charge < -0.3 is 16.0 Å². The van der Waals surface area contributed by atoms with Gasteiger partial charge in [-0.1, -0.05) is 12.1 Å². The minimum absolute atomic E-state index is 0.0117. The Morgan fingerprint density at radius 1 is 1.14 bits per heavy atom. The number of nitrogens with one attached hydrogen (secondary N) is 3. The van der Waals surface area contributed by atoms with E-state index in [0.29, 0.717) is 21.9 Å². The van der Waals surface area contributed by atoms with Gasteiger partial charge in [-0.3, -0.25) is 14.9 Å². The Hall–Kier alpha value is -3.26. The van der Waals surface area contributed by atoms with Gasteiger partial charge in [0.1, 0.15) is 0 Å². The molecule has 3 rings (SSSR count). The molecule has 0 bridgehead atoms. The number of benzene rings is 2. The second-order valence-corrected chi connectivity index (χ2v) is 7.10. The molecule has 3 N–H and O–H groups in total. The second kappa shape index (κ2) is 7.77. The molecular formula is C20H20N4O3S. The van der Waals surface area contributed by atoms with Gasteiger partial charge in [0.25, 0.3) is 11.6 Å². The highest BCUT2D eigenvalue weighted by Gasteiger charge is 2.30. The predicted octanol–water partition coefficient (Wildman–Crippen LogP) is 3.64. The van der Waals surface area contributed by atoms with Crippen molar-refractivity contribution in [1.29, 1.82) is 0 Å². The van der Waals surface area contributed by atoms with Gasteiger partial charge in [-0.05, 0) is 67.9 Å². The number of nitrogens with zero attached hydrogens (tertiary/aromatic N) is 1. The first-order chi connectivity index (χ1) is 13.3. The zero-order chi connectivity index (χ0) is 20.4. The number of nitro benzene ring substituents is 1. The van der Waals surface area contributed by atoms with Crippen molar-refractivity contribution in [3.05, 3.63) is 80.5 Å². The Kier molecular flexibility index (Phi) is 5.41. The van der Waals surface area contributed by atoms with Crippen LogP contribution in [0.4, 0.5) is 11.4 Å². The molecule has 0 saturated heterocycles. The molecule has 7 nitrogen and oxygen atoms in total. The van der Waals surface area contributed by atoms with Crippen LogP contribution in [-0.4, -0.2) is 15.9 Å². The van der Waals surface area contributed by atoms with Gasteiger partial charge in [-0.2, -0.15) is 0 Å². The summed E-state index contributed by atoms with van der Waals surface area (Å²) in [6.07, 6.45) is 0. The number of carbonyl (C=O) groups excluding carboxylic acids is 1. The van der Waals surface area contributed by atoms with Crippen LogP contribution in [0, 0.1) is 24.0 Å². The summed E-state index contributed by atoms with van der Waals surface area (Å²) in [7, 11) is 0. The molecule has 1 amide bonds. The lowest BCUT2D eigenvalue weighted by Gasteiger charge is -2.30. The van der Waals surface area contributed by atoms with E-state index in [4.69, 9.17) is 12.2 Å². The van der Waals surface area contributed by atoms with E-state index in [1.807, 2.05) is 32.0 Å². The fourth-order valence-electron chi connectivity index (χ4n) is 3.09. The molecule has 1 aliphatic rings. The SMILES string of the molecule is CC1=C(C(=O)Nc2cc(C)ccc2C)C(c2ccc([N+](=O)[O-])cc2)NC(=S)N1. The molecule has 2 aromatic rings. The number of aryl methyl sites for hydroxylation is 2. The summed E-state index contributed by atoms with van der Waals surface area (Å²) in [4.78, 5) is 23.6. The molecule has 0 saturated carbocycles. The molecule has 1 unspecified atom stereocenters. The van der Waals surface area contributed by atoms with Crippen molar-refractivity contribution in [1.82, 2.24) is 10.6 Å². The predicted molar refractivity (Wildman–Crippen MR) is 112 cm³/mol. The van der Waals surface area contributed by atoms with Gasteiger partial charge in [0.15, 0.2) is 5.11 Å². The molecule has 1 aliphatic heterocycles. The number of amides is 1. The largest absolute Gasteiger partial charge is 0.351 e. The minimum Gasteiger partial charge on any atom is -0.351 e. The molecule has 1 heterocycles. The molecule has 0 aliphatic carbocycles. The monoisotopic (exact) mass is 396 g/mol. The number of hydrogen-bond acceptors (Lipinski definition) is 4. The third-order valence-electron chi connectivity index (χ3n) is 4.59. The number of hydrogen-bond donors (Lipinski definition) is 3. The normalized spacial score (nSPS) is 16.2. The molecule has 2 aromatic carbocycles. The molecule has 0 radical (unpaired) electrons. The first-order valence-electron chi connectivity index (χ1n) is 8.67. The van der Waals surface area contributed by atoms with Gasteiger partial charge in [-0.25, -0.2) is 0 Å². The van der Waals surface area contributed by atoms with Crippen molar-refractivity contribution in [2.75, 3.05) is 5.32 Å². The Morgan fingerprint density at radius 2 is 1.82 bits per heavy atom. The summed E-state index contributed by atoms with van der Waals surface area (Å²) >= 11 is 5.24. The lowest BCUT2D eigenvalue weighted by Crippen LogP contribution is -2.45. The van der Waals surface area contributed by atoms with E-state index >= 15 is 0 Å². The Bertz CT molecular complexity index is 999. The highest BCUT2D eigenvalue weighted by Crippen LogP contribution is 2.29. The number of non-ortho nitro benzene ring substituents is 1. The van der Waals surface area contributed by atoms with Crippen LogP contribution in [0.5, 0.6) is 0 Å². The maximum absolute atomic E-state index is 13.1. The summed E-state index contributed by atoms with van der Waals surface area (Å²) in [6, 6.07) is 11.4. The number of nitro groups is 1. The van der Waals surface area contributed by atoms with E-state index in [2.05, 4.69) is 16.0 Å². The third-order valence-corrected chi connectivity index (χ3v) is 4.81. The summed E-state index contributed by atoms with van der Waals surface area (Å²) in [5.74, 6) is -0.267. The first kappa shape index (κ1) is 19.5. The molecule has 0 fully saturated rings. The maximum atomic E-state index is 13.1. The van der Waals surface area contributed by atoms with Gasteiger partial charge >= 0.3 is 0 Å². The summed E-state index contributed by atoms with van der Waals surface area (Å²) < 4.78 is 0. The summed E-state index contributed by atoms with van der Waals surface area (Å²) in [5.41, 5.74) is 4.54. The standard InChI is InChI=1S/C20H20N4O3S/c1-11-4-5-12(2)16(10-11)22-19(25)17-13(3)21-20(28)23-18(17)14-6-8-15(9-7-14)24(26)27/h4-10,18H,1-3H3,(H,22,25)(H2,21,23,28). The number of thiocarbonyl (C=S) groups is 1. The van der Waals surface area contributed by atoms with E-state index in [-0.39, 0.29) is 11.6 Å². The fraction of sp³-hybridized carbons (Fsp3) is 0.200. The van der Waals surface area contributed by atoms with Crippen LogP contribution in [0.3, 0.4) is 0 Å². The lowest BCUT2D eigenvalue weighted by atomic mass is 9.94. The average molecular weight is 396 g/mol. The van der Waals surface area contributed by atoms with E-state index in [0.717, 1.165) is 16.8 Å². The number of anilines is 1. The Balaban J connectivity index is 1.96. The summed E-state index contributed by atoms with van der Waals surface area (Å²) in [5, 5.41) is 20.3. The molecule has 0 spiro atoms. The van der Waals surface area contributed by atoms with Gasteiger partial charge in [0, 0.05) is 23.5 Å². The van der Waals surface area contributed by atoms with Crippen molar-refractivity contribution in [3.63, 3.8) is 0 Å². The van der Waals surface area contributed by atoms with Crippen molar-refractivity contribution in [2.24, 2.45) is 0 Å². The first-order valence-corrected chi connectivity index (χ1v) is 9.08. The Morgan fingerprint density at radius 3 is 2.46 bits per heavy atom. The number of carbonyl (C=O) groups is 1. The average Bonchev–Trinajstić information content (AvgIpc) is 2.64.